The Balaban J connectivity index is 1.44. The molecule has 1 heterocycles. The van der Waals surface area contributed by atoms with Gasteiger partial charge >= 0.3 is 0 Å². The Bertz CT molecular complexity index is 777. The summed E-state index contributed by atoms with van der Waals surface area (Å²) in [7, 11) is 0. The van der Waals surface area contributed by atoms with Gasteiger partial charge in [-0.3, -0.25) is 9.59 Å². The Kier molecular flexibility index (Phi) is 4.72. The van der Waals surface area contributed by atoms with E-state index in [2.05, 4.69) is 31.0 Å². The highest BCUT2D eigenvalue weighted by atomic mass is 16.3. The molecular weight excluding hydrogens is 362 g/mol. The molecule has 4 nitrogen and oxygen atoms in total. The van der Waals surface area contributed by atoms with Crippen LogP contribution in [0.2, 0.25) is 0 Å². The predicted molar refractivity (Wildman–Crippen MR) is 111 cm³/mol. The van der Waals surface area contributed by atoms with Crippen LogP contribution < -0.4 is 5.32 Å². The zero-order chi connectivity index (χ0) is 20.4. The number of rotatable bonds is 1. The number of carbonyl (C=O) groups excluding carboxylic acids is 2. The molecule has 0 amide bonds. The topological polar surface area (TPSA) is 66.4 Å². The Morgan fingerprint density at radius 3 is 2.52 bits per heavy atom. The van der Waals surface area contributed by atoms with Crippen LogP contribution >= 0.6 is 0 Å². The third kappa shape index (κ3) is 2.80. The van der Waals surface area contributed by atoms with E-state index < -0.39 is 0 Å². The molecule has 4 aliphatic carbocycles. The van der Waals surface area contributed by atoms with Crippen molar-refractivity contribution in [3.63, 3.8) is 0 Å². The average Bonchev–Trinajstić information content (AvgIpc) is 2.97. The molecule has 0 aromatic heterocycles. The molecular formula is C25H35NO3. The molecule has 1 aliphatic heterocycles. The van der Waals surface area contributed by atoms with Crippen molar-refractivity contribution in [2.45, 2.75) is 71.3 Å². The van der Waals surface area contributed by atoms with Gasteiger partial charge < -0.3 is 10.4 Å². The van der Waals surface area contributed by atoms with E-state index in [0.717, 1.165) is 51.5 Å². The van der Waals surface area contributed by atoms with E-state index in [-0.39, 0.29) is 46.9 Å². The van der Waals surface area contributed by atoms with E-state index in [1.165, 1.54) is 0 Å². The fourth-order valence-corrected chi connectivity index (χ4v) is 7.92. The number of Topliss-reactive ketones (excluding diaryl/α,β-unsaturated/α-hetero) is 2. The Labute approximate surface area is 174 Å². The molecule has 0 bridgehead atoms. The quantitative estimate of drug-likeness (QED) is 0.668. The van der Waals surface area contributed by atoms with Crippen molar-refractivity contribution < 1.29 is 14.7 Å². The SMILES string of the molecule is C[C@]12CC[C@H](C#CC3CCN3)CC1[C@@H](CO)C(=O)[C@@H]1[C@@H]2CC[C@]2(C)C(=O)CC[C@@H]12. The second-order valence-electron chi connectivity index (χ2n) is 11.0. The van der Waals surface area contributed by atoms with Crippen LogP contribution in [-0.2, 0) is 9.59 Å². The monoisotopic (exact) mass is 397 g/mol. The van der Waals surface area contributed by atoms with Crippen LogP contribution in [0.3, 0.4) is 0 Å². The lowest BCUT2D eigenvalue weighted by atomic mass is 9.42. The lowest BCUT2D eigenvalue weighted by Gasteiger charge is -2.61. The molecule has 29 heavy (non-hydrogen) atoms. The summed E-state index contributed by atoms with van der Waals surface area (Å²) in [4.78, 5) is 26.3. The van der Waals surface area contributed by atoms with Crippen molar-refractivity contribution >= 4 is 11.6 Å². The van der Waals surface area contributed by atoms with Gasteiger partial charge in [0.1, 0.15) is 11.6 Å². The van der Waals surface area contributed by atoms with E-state index in [1.54, 1.807) is 0 Å². The summed E-state index contributed by atoms with van der Waals surface area (Å²) in [5, 5.41) is 13.6. The Morgan fingerprint density at radius 2 is 1.83 bits per heavy atom. The first kappa shape index (κ1) is 19.8. The van der Waals surface area contributed by atoms with E-state index in [0.29, 0.717) is 30.1 Å². The van der Waals surface area contributed by atoms with Gasteiger partial charge in [0.2, 0.25) is 0 Å². The maximum atomic E-state index is 13.7. The summed E-state index contributed by atoms with van der Waals surface area (Å²) in [6.07, 6.45) is 7.70. The van der Waals surface area contributed by atoms with Crippen molar-refractivity contribution in [1.82, 2.24) is 5.32 Å². The maximum absolute atomic E-state index is 13.7. The smallest absolute Gasteiger partial charge is 0.142 e. The van der Waals surface area contributed by atoms with Gasteiger partial charge in [-0.1, -0.05) is 25.7 Å². The number of aliphatic hydroxyl groups is 1. The molecule has 0 radical (unpaired) electrons. The van der Waals surface area contributed by atoms with E-state index in [4.69, 9.17) is 0 Å². The lowest BCUT2D eigenvalue weighted by Crippen LogP contribution is -2.61. The highest BCUT2D eigenvalue weighted by Crippen LogP contribution is 2.66. The Hall–Kier alpha value is -1.18. The van der Waals surface area contributed by atoms with Crippen molar-refractivity contribution in [3.8, 4) is 11.8 Å². The third-order valence-electron chi connectivity index (χ3n) is 9.91. The molecule has 2 N–H and O–H groups in total. The third-order valence-corrected chi connectivity index (χ3v) is 9.91. The standard InChI is InChI=1S/C25H35NO3/c1-24-10-7-15(3-4-16-9-12-26-16)13-20(24)17(14-27)23(29)22-18-5-6-21(28)25(18,2)11-8-19(22)24/h15-20,22,26-27H,5-14H2,1-2H3/t15-,16?,17+,18-,19-,20?,22-,24+,25-/m0/s1. The predicted octanol–water partition coefficient (Wildman–Crippen LogP) is 2.98. The summed E-state index contributed by atoms with van der Waals surface area (Å²) in [5.41, 5.74) is -0.218. The summed E-state index contributed by atoms with van der Waals surface area (Å²) in [6.45, 7) is 5.52. The summed E-state index contributed by atoms with van der Waals surface area (Å²) in [6, 6.07) is 0.352. The largest absolute Gasteiger partial charge is 0.396 e. The molecule has 4 saturated carbocycles. The summed E-state index contributed by atoms with van der Waals surface area (Å²) in [5.74, 6) is 8.35. The van der Waals surface area contributed by atoms with Gasteiger partial charge in [-0.2, -0.15) is 0 Å². The molecule has 9 atom stereocenters. The second-order valence-corrected chi connectivity index (χ2v) is 11.0. The van der Waals surface area contributed by atoms with Crippen LogP contribution in [0, 0.1) is 58.2 Å². The van der Waals surface area contributed by atoms with Crippen LogP contribution in [0.25, 0.3) is 0 Å². The first-order valence-corrected chi connectivity index (χ1v) is 11.8. The van der Waals surface area contributed by atoms with Gasteiger partial charge in [-0.05, 0) is 74.7 Å². The molecule has 0 aromatic carbocycles. The Morgan fingerprint density at radius 1 is 1.03 bits per heavy atom. The minimum absolute atomic E-state index is 0.0274. The van der Waals surface area contributed by atoms with E-state index >= 15 is 0 Å². The first-order chi connectivity index (χ1) is 13.9. The molecule has 158 valence electrons. The van der Waals surface area contributed by atoms with Crippen LogP contribution in [0.5, 0.6) is 0 Å². The number of hydrogen-bond acceptors (Lipinski definition) is 4. The van der Waals surface area contributed by atoms with Gasteiger partial charge in [-0.25, -0.2) is 0 Å². The van der Waals surface area contributed by atoms with Gasteiger partial charge in [-0.15, -0.1) is 0 Å². The highest BCUT2D eigenvalue weighted by molar-refractivity contribution is 5.91. The number of carbonyl (C=O) groups is 2. The van der Waals surface area contributed by atoms with Crippen LogP contribution in [0.15, 0.2) is 0 Å². The van der Waals surface area contributed by atoms with Gasteiger partial charge in [0.25, 0.3) is 0 Å². The molecule has 5 fully saturated rings. The number of ketones is 2. The molecule has 2 unspecified atom stereocenters. The van der Waals surface area contributed by atoms with Gasteiger partial charge in [0, 0.05) is 29.6 Å². The van der Waals surface area contributed by atoms with Crippen molar-refractivity contribution in [2.75, 3.05) is 13.2 Å². The fourth-order valence-electron chi connectivity index (χ4n) is 7.92. The van der Waals surface area contributed by atoms with E-state index in [9.17, 15) is 14.7 Å². The number of nitrogens with one attached hydrogen (secondary N) is 1. The number of aliphatic hydroxyl groups excluding tert-OH is 1. The summed E-state index contributed by atoms with van der Waals surface area (Å²) >= 11 is 0. The van der Waals surface area contributed by atoms with Crippen LogP contribution in [0.4, 0.5) is 0 Å². The minimum atomic E-state index is -0.307. The molecule has 0 aromatic rings. The van der Waals surface area contributed by atoms with Crippen LogP contribution in [-0.4, -0.2) is 35.9 Å². The molecule has 5 rings (SSSR count). The second kappa shape index (κ2) is 6.92. The van der Waals surface area contributed by atoms with Crippen molar-refractivity contribution in [1.29, 1.82) is 0 Å². The minimum Gasteiger partial charge on any atom is -0.396 e. The summed E-state index contributed by atoms with van der Waals surface area (Å²) < 4.78 is 0. The maximum Gasteiger partial charge on any atom is 0.142 e. The fraction of sp³-hybridized carbons (Fsp3) is 0.840. The number of fused-ring (bicyclic) bond motifs is 5. The highest BCUT2D eigenvalue weighted by Gasteiger charge is 2.65. The van der Waals surface area contributed by atoms with E-state index in [1.807, 2.05) is 0 Å². The normalized spacial score (nSPS) is 51.2. The first-order valence-electron chi connectivity index (χ1n) is 11.8. The van der Waals surface area contributed by atoms with Crippen molar-refractivity contribution in [2.24, 2.45) is 46.3 Å². The zero-order valence-electron chi connectivity index (χ0n) is 17.9. The number of hydrogen-bond donors (Lipinski definition) is 2. The molecule has 0 spiro atoms. The van der Waals surface area contributed by atoms with Gasteiger partial charge in [0.05, 0.1) is 12.6 Å². The average molecular weight is 398 g/mol. The molecule has 4 heteroatoms. The van der Waals surface area contributed by atoms with Crippen molar-refractivity contribution in [3.05, 3.63) is 0 Å². The molecule has 5 aliphatic rings. The lowest BCUT2D eigenvalue weighted by molar-refractivity contribution is -0.170. The van der Waals surface area contributed by atoms with Crippen LogP contribution in [0.1, 0.15) is 65.2 Å². The van der Waals surface area contributed by atoms with Gasteiger partial charge in [0.15, 0.2) is 0 Å². The zero-order valence-corrected chi connectivity index (χ0v) is 17.9. The molecule has 1 saturated heterocycles.